The van der Waals surface area contributed by atoms with Crippen LogP contribution < -0.4 is 4.74 Å². The van der Waals surface area contributed by atoms with E-state index in [-0.39, 0.29) is 0 Å². The highest BCUT2D eigenvalue weighted by molar-refractivity contribution is 5.75. The number of ether oxygens (including phenoxy) is 1. The third kappa shape index (κ3) is 2.94. The largest absolute Gasteiger partial charge is 0.457 e. The second-order valence-corrected chi connectivity index (χ2v) is 5.42. The Hall–Kier alpha value is -3.07. The number of fused-ring (bicyclic) bond motifs is 1. The minimum atomic E-state index is 0.798. The molecule has 1 aromatic heterocycles. The Labute approximate surface area is 134 Å². The number of nitrogens with zero attached hydrogens (tertiary/aromatic N) is 2. The van der Waals surface area contributed by atoms with E-state index in [1.54, 1.807) is 0 Å². The average Bonchev–Trinajstić information content (AvgIpc) is 3.01. The molecule has 0 N–H and O–H groups in total. The Morgan fingerprint density at radius 1 is 0.739 bits per heavy atom. The van der Waals surface area contributed by atoms with Gasteiger partial charge < -0.3 is 9.30 Å². The van der Waals surface area contributed by atoms with Gasteiger partial charge in [0, 0.05) is 6.54 Å². The molecule has 0 saturated carbocycles. The zero-order valence-electron chi connectivity index (χ0n) is 12.6. The van der Waals surface area contributed by atoms with Crippen molar-refractivity contribution in [2.45, 2.75) is 6.54 Å². The van der Waals surface area contributed by atoms with E-state index in [9.17, 15) is 0 Å². The summed E-state index contributed by atoms with van der Waals surface area (Å²) in [4.78, 5) is 4.43. The number of imidazole rings is 1. The van der Waals surface area contributed by atoms with Crippen LogP contribution in [0.3, 0.4) is 0 Å². The third-order valence-corrected chi connectivity index (χ3v) is 3.78. The van der Waals surface area contributed by atoms with E-state index in [0.29, 0.717) is 0 Å². The highest BCUT2D eigenvalue weighted by Crippen LogP contribution is 2.22. The van der Waals surface area contributed by atoms with Gasteiger partial charge >= 0.3 is 0 Å². The molecule has 0 aliphatic rings. The molecule has 0 aliphatic heterocycles. The maximum Gasteiger partial charge on any atom is 0.127 e. The van der Waals surface area contributed by atoms with Crippen molar-refractivity contribution in [3.05, 3.63) is 90.8 Å². The quantitative estimate of drug-likeness (QED) is 0.537. The standard InChI is InChI=1S/C20H16N2O/c1-2-6-17(7-3-1)23-18-12-10-16(11-13-18)14-22-15-21-19-8-4-5-9-20(19)22/h1-13,15H,14H2. The van der Waals surface area contributed by atoms with Gasteiger partial charge in [0.25, 0.3) is 0 Å². The normalized spacial score (nSPS) is 10.8. The molecule has 0 aliphatic carbocycles. The number of para-hydroxylation sites is 3. The van der Waals surface area contributed by atoms with E-state index in [1.165, 1.54) is 5.56 Å². The molecule has 0 unspecified atom stereocenters. The lowest BCUT2D eigenvalue weighted by atomic mass is 10.2. The van der Waals surface area contributed by atoms with Crippen molar-refractivity contribution in [1.82, 2.24) is 9.55 Å². The first-order chi connectivity index (χ1) is 11.4. The summed E-state index contributed by atoms with van der Waals surface area (Å²) in [5, 5.41) is 0. The Balaban J connectivity index is 1.52. The first-order valence-electron chi connectivity index (χ1n) is 7.60. The van der Waals surface area contributed by atoms with E-state index in [0.717, 1.165) is 29.1 Å². The fraction of sp³-hybridized carbons (Fsp3) is 0.0500. The van der Waals surface area contributed by atoms with Crippen molar-refractivity contribution in [2.24, 2.45) is 0 Å². The second-order valence-electron chi connectivity index (χ2n) is 5.42. The molecular formula is C20H16N2O. The Bertz CT molecular complexity index is 911. The number of rotatable bonds is 4. The van der Waals surface area contributed by atoms with Crippen LogP contribution in [0, 0.1) is 0 Å². The van der Waals surface area contributed by atoms with Crippen LogP contribution in [0.25, 0.3) is 11.0 Å². The molecule has 0 amide bonds. The first kappa shape index (κ1) is 13.6. The van der Waals surface area contributed by atoms with Crippen molar-refractivity contribution in [3.8, 4) is 11.5 Å². The zero-order chi connectivity index (χ0) is 15.5. The van der Waals surface area contributed by atoms with Crippen LogP contribution in [0.4, 0.5) is 0 Å². The number of aromatic nitrogens is 2. The summed E-state index contributed by atoms with van der Waals surface area (Å²) in [5.74, 6) is 1.69. The van der Waals surface area contributed by atoms with Gasteiger partial charge in [0.2, 0.25) is 0 Å². The topological polar surface area (TPSA) is 27.1 Å². The number of benzene rings is 3. The van der Waals surface area contributed by atoms with Gasteiger partial charge in [0.1, 0.15) is 11.5 Å². The minimum absolute atomic E-state index is 0.798. The fourth-order valence-corrected chi connectivity index (χ4v) is 2.62. The maximum absolute atomic E-state index is 5.82. The summed E-state index contributed by atoms with van der Waals surface area (Å²) in [7, 11) is 0. The highest BCUT2D eigenvalue weighted by Gasteiger charge is 2.03. The lowest BCUT2D eigenvalue weighted by Crippen LogP contribution is -1.97. The maximum atomic E-state index is 5.82. The molecule has 3 aromatic carbocycles. The van der Waals surface area contributed by atoms with Gasteiger partial charge in [-0.05, 0) is 42.0 Å². The molecule has 3 heteroatoms. The average molecular weight is 300 g/mol. The van der Waals surface area contributed by atoms with Crippen LogP contribution >= 0.6 is 0 Å². The Kier molecular flexibility index (Phi) is 3.53. The molecule has 0 saturated heterocycles. The predicted molar refractivity (Wildman–Crippen MR) is 91.8 cm³/mol. The summed E-state index contributed by atoms with van der Waals surface area (Å²) in [6, 6.07) is 26.2. The summed E-state index contributed by atoms with van der Waals surface area (Å²) >= 11 is 0. The summed E-state index contributed by atoms with van der Waals surface area (Å²) in [6.07, 6.45) is 1.89. The monoisotopic (exact) mass is 300 g/mol. The molecule has 3 nitrogen and oxygen atoms in total. The van der Waals surface area contributed by atoms with E-state index in [1.807, 2.05) is 67.0 Å². The van der Waals surface area contributed by atoms with Crippen LogP contribution in [0.2, 0.25) is 0 Å². The molecule has 4 rings (SSSR count). The summed E-state index contributed by atoms with van der Waals surface area (Å²) in [5.41, 5.74) is 3.39. The van der Waals surface area contributed by atoms with E-state index in [2.05, 4.69) is 27.8 Å². The van der Waals surface area contributed by atoms with Crippen molar-refractivity contribution in [1.29, 1.82) is 0 Å². The second kappa shape index (κ2) is 5.97. The predicted octanol–water partition coefficient (Wildman–Crippen LogP) is 4.88. The van der Waals surface area contributed by atoms with Gasteiger partial charge in [-0.25, -0.2) is 4.98 Å². The van der Waals surface area contributed by atoms with E-state index in [4.69, 9.17) is 4.74 Å². The molecule has 112 valence electrons. The summed E-state index contributed by atoms with van der Waals surface area (Å²) in [6.45, 7) is 0.798. The number of hydrogen-bond donors (Lipinski definition) is 0. The van der Waals surface area contributed by atoms with Gasteiger partial charge in [-0.15, -0.1) is 0 Å². The fourth-order valence-electron chi connectivity index (χ4n) is 2.62. The van der Waals surface area contributed by atoms with E-state index >= 15 is 0 Å². The molecule has 0 radical (unpaired) electrons. The SMILES string of the molecule is c1ccc(Oc2ccc(Cn3cnc4ccccc43)cc2)cc1. The van der Waals surface area contributed by atoms with Crippen LogP contribution in [-0.4, -0.2) is 9.55 Å². The van der Waals surface area contributed by atoms with Gasteiger partial charge in [-0.3, -0.25) is 0 Å². The number of hydrogen-bond acceptors (Lipinski definition) is 2. The van der Waals surface area contributed by atoms with Gasteiger partial charge in [-0.2, -0.15) is 0 Å². The van der Waals surface area contributed by atoms with Crippen LogP contribution in [0.15, 0.2) is 85.2 Å². The molecule has 0 bridgehead atoms. The van der Waals surface area contributed by atoms with Gasteiger partial charge in [0.15, 0.2) is 0 Å². The first-order valence-corrected chi connectivity index (χ1v) is 7.60. The lowest BCUT2D eigenvalue weighted by Gasteiger charge is -2.08. The molecule has 23 heavy (non-hydrogen) atoms. The molecule has 0 spiro atoms. The van der Waals surface area contributed by atoms with Crippen LogP contribution in [0.5, 0.6) is 11.5 Å². The van der Waals surface area contributed by atoms with Crippen molar-refractivity contribution in [2.75, 3.05) is 0 Å². The van der Waals surface area contributed by atoms with Crippen LogP contribution in [0.1, 0.15) is 5.56 Å². The molecule has 0 fully saturated rings. The van der Waals surface area contributed by atoms with Crippen molar-refractivity contribution >= 4 is 11.0 Å². The summed E-state index contributed by atoms with van der Waals surface area (Å²) < 4.78 is 7.97. The Morgan fingerprint density at radius 3 is 2.26 bits per heavy atom. The van der Waals surface area contributed by atoms with Gasteiger partial charge in [-0.1, -0.05) is 42.5 Å². The highest BCUT2D eigenvalue weighted by atomic mass is 16.5. The molecular weight excluding hydrogens is 284 g/mol. The van der Waals surface area contributed by atoms with E-state index < -0.39 is 0 Å². The van der Waals surface area contributed by atoms with Gasteiger partial charge in [0.05, 0.1) is 17.4 Å². The van der Waals surface area contributed by atoms with Crippen molar-refractivity contribution < 1.29 is 4.74 Å². The molecule has 4 aromatic rings. The molecule has 0 atom stereocenters. The molecule has 1 heterocycles. The lowest BCUT2D eigenvalue weighted by molar-refractivity contribution is 0.482. The van der Waals surface area contributed by atoms with Crippen molar-refractivity contribution in [3.63, 3.8) is 0 Å². The third-order valence-electron chi connectivity index (χ3n) is 3.78. The Morgan fingerprint density at radius 2 is 1.43 bits per heavy atom. The smallest absolute Gasteiger partial charge is 0.127 e. The van der Waals surface area contributed by atoms with Crippen LogP contribution in [-0.2, 0) is 6.54 Å². The minimum Gasteiger partial charge on any atom is -0.457 e. The zero-order valence-corrected chi connectivity index (χ0v) is 12.6.